The van der Waals surface area contributed by atoms with Crippen molar-refractivity contribution in [1.82, 2.24) is 14.9 Å². The van der Waals surface area contributed by atoms with Gasteiger partial charge in [0.2, 0.25) is 5.88 Å². The molecule has 33 heavy (non-hydrogen) atoms. The molecule has 2 heterocycles. The predicted octanol–water partition coefficient (Wildman–Crippen LogP) is 5.66. The van der Waals surface area contributed by atoms with Crippen LogP contribution in [0, 0.1) is 6.92 Å². The van der Waals surface area contributed by atoms with E-state index >= 15 is 0 Å². The standard InChI is InChI=1S/C26H29F2N3O2/c1-18-14-26(27,28)12-13-31(18)16-22-15-29-25(30-24(22)32-3)33-17-21-10-7-11-23(19(21)2)20-8-5-4-6-9-20/h4-11,15,18H,12-14,16-17H2,1-3H3/t18-/m1/s1. The summed E-state index contributed by atoms with van der Waals surface area (Å²) in [6.45, 7) is 5.01. The topological polar surface area (TPSA) is 47.5 Å². The zero-order chi connectivity index (χ0) is 23.4. The third-order valence-corrected chi connectivity index (χ3v) is 6.24. The second-order valence-corrected chi connectivity index (χ2v) is 8.56. The molecule has 0 radical (unpaired) electrons. The van der Waals surface area contributed by atoms with Crippen LogP contribution in [-0.2, 0) is 13.2 Å². The number of likely N-dealkylation sites (tertiary alicyclic amines) is 1. The number of alkyl halides is 2. The van der Waals surface area contributed by atoms with Crippen molar-refractivity contribution in [2.75, 3.05) is 13.7 Å². The van der Waals surface area contributed by atoms with Crippen LogP contribution in [0.5, 0.6) is 11.9 Å². The van der Waals surface area contributed by atoms with Crippen molar-refractivity contribution >= 4 is 0 Å². The van der Waals surface area contributed by atoms with E-state index < -0.39 is 5.92 Å². The molecule has 7 heteroatoms. The minimum Gasteiger partial charge on any atom is -0.481 e. The third-order valence-electron chi connectivity index (χ3n) is 6.24. The molecule has 1 aliphatic heterocycles. The van der Waals surface area contributed by atoms with Gasteiger partial charge in [0.1, 0.15) is 6.61 Å². The van der Waals surface area contributed by atoms with E-state index in [0.29, 0.717) is 25.6 Å². The summed E-state index contributed by atoms with van der Waals surface area (Å²) in [5.74, 6) is -2.19. The Morgan fingerprint density at radius 2 is 1.88 bits per heavy atom. The molecule has 1 saturated heterocycles. The molecule has 174 valence electrons. The number of methoxy groups -OCH3 is 1. The average molecular weight is 454 g/mol. The summed E-state index contributed by atoms with van der Waals surface area (Å²) in [4.78, 5) is 10.8. The van der Waals surface area contributed by atoms with Crippen LogP contribution in [0.4, 0.5) is 8.78 Å². The molecule has 4 rings (SSSR count). The molecule has 5 nitrogen and oxygen atoms in total. The van der Waals surface area contributed by atoms with Gasteiger partial charge in [0.15, 0.2) is 0 Å². The molecule has 0 unspecified atom stereocenters. The van der Waals surface area contributed by atoms with Crippen molar-refractivity contribution in [2.45, 2.75) is 51.8 Å². The Morgan fingerprint density at radius 1 is 1.09 bits per heavy atom. The monoisotopic (exact) mass is 453 g/mol. The number of halogens is 2. The Bertz CT molecular complexity index is 1090. The van der Waals surface area contributed by atoms with E-state index in [2.05, 4.69) is 35.1 Å². The lowest BCUT2D eigenvalue weighted by Crippen LogP contribution is -2.44. The fourth-order valence-electron chi connectivity index (χ4n) is 4.29. The Balaban J connectivity index is 1.45. The first kappa shape index (κ1) is 23.1. The number of piperidine rings is 1. The first-order valence-electron chi connectivity index (χ1n) is 11.1. The lowest BCUT2D eigenvalue weighted by molar-refractivity contribution is -0.0766. The normalized spacial score (nSPS) is 18.2. The molecule has 1 aliphatic rings. The van der Waals surface area contributed by atoms with Crippen molar-refractivity contribution in [3.05, 3.63) is 71.4 Å². The first-order chi connectivity index (χ1) is 15.9. The summed E-state index contributed by atoms with van der Waals surface area (Å²) in [5, 5.41) is 0. The van der Waals surface area contributed by atoms with Crippen LogP contribution in [0.1, 0.15) is 36.5 Å². The Morgan fingerprint density at radius 3 is 2.61 bits per heavy atom. The van der Waals surface area contributed by atoms with Crippen LogP contribution in [0.15, 0.2) is 54.7 Å². The van der Waals surface area contributed by atoms with E-state index in [9.17, 15) is 8.78 Å². The fraction of sp³-hybridized carbons (Fsp3) is 0.385. The number of hydrogen-bond acceptors (Lipinski definition) is 5. The number of aromatic nitrogens is 2. The molecule has 1 atom stereocenters. The highest BCUT2D eigenvalue weighted by Gasteiger charge is 2.38. The summed E-state index contributed by atoms with van der Waals surface area (Å²) >= 11 is 0. The lowest BCUT2D eigenvalue weighted by Gasteiger charge is -2.37. The molecule has 3 aromatic rings. The van der Waals surface area contributed by atoms with Gasteiger partial charge in [0.05, 0.1) is 7.11 Å². The molecule has 0 spiro atoms. The van der Waals surface area contributed by atoms with E-state index in [1.807, 2.05) is 42.2 Å². The number of benzene rings is 2. The van der Waals surface area contributed by atoms with Crippen LogP contribution in [-0.4, -0.2) is 40.5 Å². The van der Waals surface area contributed by atoms with E-state index in [0.717, 1.165) is 27.8 Å². The van der Waals surface area contributed by atoms with E-state index in [1.54, 1.807) is 6.20 Å². The molecule has 1 aromatic heterocycles. The van der Waals surface area contributed by atoms with Gasteiger partial charge in [0.25, 0.3) is 5.92 Å². The lowest BCUT2D eigenvalue weighted by atomic mass is 9.97. The minimum atomic E-state index is -2.59. The summed E-state index contributed by atoms with van der Waals surface area (Å²) < 4.78 is 38.6. The van der Waals surface area contributed by atoms with Crippen molar-refractivity contribution in [1.29, 1.82) is 0 Å². The smallest absolute Gasteiger partial charge is 0.320 e. The fourth-order valence-corrected chi connectivity index (χ4v) is 4.29. The molecule has 1 fully saturated rings. The van der Waals surface area contributed by atoms with Gasteiger partial charge in [-0.05, 0) is 36.1 Å². The summed E-state index contributed by atoms with van der Waals surface area (Å²) in [7, 11) is 1.54. The zero-order valence-corrected chi connectivity index (χ0v) is 19.2. The van der Waals surface area contributed by atoms with Crippen LogP contribution in [0.25, 0.3) is 11.1 Å². The SMILES string of the molecule is COc1nc(OCc2cccc(-c3ccccc3)c2C)ncc1CN1CCC(F)(F)C[C@H]1C. The number of ether oxygens (including phenoxy) is 2. The highest BCUT2D eigenvalue weighted by molar-refractivity contribution is 5.68. The van der Waals surface area contributed by atoms with Gasteiger partial charge in [-0.15, -0.1) is 0 Å². The highest BCUT2D eigenvalue weighted by Crippen LogP contribution is 2.33. The van der Waals surface area contributed by atoms with Crippen LogP contribution in [0.3, 0.4) is 0 Å². The molecular weight excluding hydrogens is 424 g/mol. The largest absolute Gasteiger partial charge is 0.481 e. The van der Waals surface area contributed by atoms with Gasteiger partial charge >= 0.3 is 6.01 Å². The molecule has 0 aliphatic carbocycles. The van der Waals surface area contributed by atoms with E-state index in [4.69, 9.17) is 9.47 Å². The van der Waals surface area contributed by atoms with Crippen molar-refractivity contribution in [3.63, 3.8) is 0 Å². The van der Waals surface area contributed by atoms with Crippen LogP contribution in [0.2, 0.25) is 0 Å². The number of nitrogens with zero attached hydrogens (tertiary/aromatic N) is 3. The molecule has 0 N–H and O–H groups in total. The van der Waals surface area contributed by atoms with E-state index in [1.165, 1.54) is 7.11 Å². The summed E-state index contributed by atoms with van der Waals surface area (Å²) in [5.41, 5.74) is 5.26. The van der Waals surface area contributed by atoms with Gasteiger partial charge < -0.3 is 9.47 Å². The van der Waals surface area contributed by atoms with Crippen molar-refractivity contribution < 1.29 is 18.3 Å². The maximum atomic E-state index is 13.6. The Labute approximate surface area is 193 Å². The maximum Gasteiger partial charge on any atom is 0.320 e. The van der Waals surface area contributed by atoms with Gasteiger partial charge in [-0.2, -0.15) is 4.98 Å². The minimum absolute atomic E-state index is 0.136. The van der Waals surface area contributed by atoms with Crippen LogP contribution >= 0.6 is 0 Å². The van der Waals surface area contributed by atoms with Gasteiger partial charge in [-0.25, -0.2) is 13.8 Å². The maximum absolute atomic E-state index is 13.6. The van der Waals surface area contributed by atoms with Crippen molar-refractivity contribution in [2.24, 2.45) is 0 Å². The van der Waals surface area contributed by atoms with Gasteiger partial charge in [-0.1, -0.05) is 48.5 Å². The summed E-state index contributed by atoms with van der Waals surface area (Å²) in [6, 6.07) is 16.4. The quantitative estimate of drug-likeness (QED) is 0.462. The number of hydrogen-bond donors (Lipinski definition) is 0. The predicted molar refractivity (Wildman–Crippen MR) is 124 cm³/mol. The third kappa shape index (κ3) is 5.47. The second-order valence-electron chi connectivity index (χ2n) is 8.56. The molecule has 0 bridgehead atoms. The Kier molecular flexibility index (Phi) is 6.88. The second kappa shape index (κ2) is 9.83. The van der Waals surface area contributed by atoms with Gasteiger partial charge in [0, 0.05) is 43.7 Å². The van der Waals surface area contributed by atoms with Crippen LogP contribution < -0.4 is 9.47 Å². The van der Waals surface area contributed by atoms with E-state index in [-0.39, 0.29) is 24.9 Å². The highest BCUT2D eigenvalue weighted by atomic mass is 19.3. The Hall–Kier alpha value is -3.06. The molecule has 2 aromatic carbocycles. The first-order valence-corrected chi connectivity index (χ1v) is 11.1. The number of rotatable bonds is 7. The molecular formula is C26H29F2N3O2. The molecule has 0 saturated carbocycles. The average Bonchev–Trinajstić information content (AvgIpc) is 2.81. The van der Waals surface area contributed by atoms with Gasteiger partial charge in [-0.3, -0.25) is 4.90 Å². The molecule has 0 amide bonds. The van der Waals surface area contributed by atoms with Crippen molar-refractivity contribution in [3.8, 4) is 23.0 Å². The summed E-state index contributed by atoms with van der Waals surface area (Å²) in [6.07, 6.45) is 1.38. The zero-order valence-electron chi connectivity index (χ0n) is 19.2.